The van der Waals surface area contributed by atoms with E-state index in [9.17, 15) is 9.90 Å². The van der Waals surface area contributed by atoms with Crippen molar-refractivity contribution in [3.63, 3.8) is 0 Å². The minimum atomic E-state index is -0.567. The molecule has 1 aromatic carbocycles. The minimum absolute atomic E-state index is 0.0922. The van der Waals surface area contributed by atoms with Gasteiger partial charge in [0.2, 0.25) is 0 Å². The third kappa shape index (κ3) is 6.78. The summed E-state index contributed by atoms with van der Waals surface area (Å²) in [5, 5.41) is 11.4. The summed E-state index contributed by atoms with van der Waals surface area (Å²) in [5.41, 5.74) is 5.14. The van der Waals surface area contributed by atoms with Gasteiger partial charge in [-0.2, -0.15) is 0 Å². The molecular formula is C32H46O3. The fourth-order valence-electron chi connectivity index (χ4n) is 4.13. The van der Waals surface area contributed by atoms with Gasteiger partial charge in [-0.05, 0) is 56.1 Å². The van der Waals surface area contributed by atoms with E-state index in [1.54, 1.807) is 0 Å². The molecule has 1 aliphatic rings. The molecule has 0 saturated heterocycles. The number of ether oxygens (including phenoxy) is 1. The predicted molar refractivity (Wildman–Crippen MR) is 149 cm³/mol. The number of carbonyl (C=O) groups excluding carboxylic acids is 1. The summed E-state index contributed by atoms with van der Waals surface area (Å²) < 4.78 is 5.94. The number of carbonyl (C=O) groups is 1. The number of allylic oxidation sites excluding steroid dienone is 2. The fraction of sp³-hybridized carbons (Fsp3) is 0.531. The summed E-state index contributed by atoms with van der Waals surface area (Å²) in [4.78, 5) is 12.4. The van der Waals surface area contributed by atoms with Crippen molar-refractivity contribution in [1.29, 1.82) is 0 Å². The van der Waals surface area contributed by atoms with Crippen molar-refractivity contribution in [2.45, 2.75) is 100 Å². The highest BCUT2D eigenvalue weighted by Gasteiger charge is 2.35. The van der Waals surface area contributed by atoms with Crippen molar-refractivity contribution in [2.24, 2.45) is 10.8 Å². The Kier molecular flexibility index (Phi) is 7.77. The summed E-state index contributed by atoms with van der Waals surface area (Å²) in [6, 6.07) is 4.17. The number of phenols is 1. The van der Waals surface area contributed by atoms with Crippen LogP contribution >= 0.6 is 0 Å². The molecule has 2 rings (SSSR count). The molecule has 35 heavy (non-hydrogen) atoms. The summed E-state index contributed by atoms with van der Waals surface area (Å²) in [6.07, 6.45) is 6.91. The Morgan fingerprint density at radius 3 is 1.86 bits per heavy atom. The molecule has 0 amide bonds. The lowest BCUT2D eigenvalue weighted by atomic mass is 9.72. The van der Waals surface area contributed by atoms with Crippen LogP contribution in [0.25, 0.3) is 6.08 Å². The lowest BCUT2D eigenvalue weighted by Crippen LogP contribution is -2.31. The van der Waals surface area contributed by atoms with Gasteiger partial charge in [-0.1, -0.05) is 108 Å². The van der Waals surface area contributed by atoms with Gasteiger partial charge in [0.25, 0.3) is 0 Å². The first kappa shape index (κ1) is 28.7. The van der Waals surface area contributed by atoms with Crippen LogP contribution in [0.5, 0.6) is 5.75 Å². The summed E-state index contributed by atoms with van der Waals surface area (Å²) in [7, 11) is 0. The third-order valence-electron chi connectivity index (χ3n) is 6.49. The SMILES string of the molecule is C=CC(=O)OC1C(=Cc2cc(C(C)(C)C)cc(C(C)(C)C)c2O)C=C(C(C)(C)C)C=C1C(C)(C)C. The molecule has 192 valence electrons. The highest BCUT2D eigenvalue weighted by atomic mass is 16.5. The van der Waals surface area contributed by atoms with E-state index in [-0.39, 0.29) is 27.4 Å². The second-order valence-electron chi connectivity index (χ2n) is 13.8. The topological polar surface area (TPSA) is 46.5 Å². The summed E-state index contributed by atoms with van der Waals surface area (Å²) >= 11 is 0. The van der Waals surface area contributed by atoms with Crippen molar-refractivity contribution < 1.29 is 14.6 Å². The Balaban J connectivity index is 2.92. The largest absolute Gasteiger partial charge is 0.507 e. The zero-order chi connectivity index (χ0) is 27.1. The lowest BCUT2D eigenvalue weighted by molar-refractivity contribution is -0.140. The van der Waals surface area contributed by atoms with Gasteiger partial charge in [-0.15, -0.1) is 0 Å². The molecule has 0 bridgehead atoms. The third-order valence-corrected chi connectivity index (χ3v) is 6.49. The van der Waals surface area contributed by atoms with E-state index < -0.39 is 12.1 Å². The molecule has 1 aromatic rings. The van der Waals surface area contributed by atoms with Crippen molar-refractivity contribution >= 4 is 12.0 Å². The Bertz CT molecular complexity index is 1080. The van der Waals surface area contributed by atoms with Gasteiger partial charge < -0.3 is 9.84 Å². The second-order valence-corrected chi connectivity index (χ2v) is 13.8. The van der Waals surface area contributed by atoms with Crippen molar-refractivity contribution in [3.05, 3.63) is 70.3 Å². The Morgan fingerprint density at radius 2 is 1.43 bits per heavy atom. The molecular weight excluding hydrogens is 432 g/mol. The zero-order valence-electron chi connectivity index (χ0n) is 24.0. The molecule has 0 fully saturated rings. The van der Waals surface area contributed by atoms with Crippen molar-refractivity contribution in [3.8, 4) is 5.75 Å². The molecule has 0 saturated carbocycles. The molecule has 1 atom stereocenters. The summed E-state index contributed by atoms with van der Waals surface area (Å²) in [5.74, 6) is -0.198. The van der Waals surface area contributed by atoms with E-state index in [1.807, 2.05) is 6.08 Å². The number of rotatable bonds is 3. The van der Waals surface area contributed by atoms with Crippen LogP contribution in [-0.4, -0.2) is 17.2 Å². The van der Waals surface area contributed by atoms with Crippen LogP contribution in [0.15, 0.2) is 53.7 Å². The van der Waals surface area contributed by atoms with Crippen molar-refractivity contribution in [1.82, 2.24) is 0 Å². The average Bonchev–Trinajstić information content (AvgIpc) is 2.66. The number of hydrogen-bond donors (Lipinski definition) is 1. The average molecular weight is 479 g/mol. The Morgan fingerprint density at radius 1 is 0.857 bits per heavy atom. The number of hydrogen-bond acceptors (Lipinski definition) is 3. The number of phenolic OH excluding ortho intramolecular Hbond substituents is 1. The fourth-order valence-corrected chi connectivity index (χ4v) is 4.13. The quantitative estimate of drug-likeness (QED) is 0.350. The van der Waals surface area contributed by atoms with Gasteiger partial charge in [-0.3, -0.25) is 0 Å². The Labute approximate surface area is 213 Å². The number of aromatic hydroxyl groups is 1. The van der Waals surface area contributed by atoms with Crippen LogP contribution in [-0.2, 0) is 20.4 Å². The number of esters is 1. The van der Waals surface area contributed by atoms with Gasteiger partial charge in [0.1, 0.15) is 11.9 Å². The molecule has 0 aliphatic heterocycles. The first-order valence-corrected chi connectivity index (χ1v) is 12.5. The van der Waals surface area contributed by atoms with Crippen LogP contribution in [0.4, 0.5) is 0 Å². The van der Waals surface area contributed by atoms with E-state index in [1.165, 1.54) is 6.08 Å². The van der Waals surface area contributed by atoms with E-state index >= 15 is 0 Å². The first-order valence-electron chi connectivity index (χ1n) is 12.5. The van der Waals surface area contributed by atoms with E-state index in [0.717, 1.165) is 33.4 Å². The maximum Gasteiger partial charge on any atom is 0.331 e. The number of benzene rings is 1. The van der Waals surface area contributed by atoms with Crippen LogP contribution in [0.2, 0.25) is 0 Å². The molecule has 0 radical (unpaired) electrons. The smallest absolute Gasteiger partial charge is 0.331 e. The summed E-state index contributed by atoms with van der Waals surface area (Å²) in [6.45, 7) is 29.4. The molecule has 3 heteroatoms. The van der Waals surface area contributed by atoms with Gasteiger partial charge in [0.15, 0.2) is 0 Å². The monoisotopic (exact) mass is 478 g/mol. The molecule has 1 unspecified atom stereocenters. The molecule has 3 nitrogen and oxygen atoms in total. The highest BCUT2D eigenvalue weighted by Crippen LogP contribution is 2.44. The van der Waals surface area contributed by atoms with E-state index in [0.29, 0.717) is 0 Å². The van der Waals surface area contributed by atoms with Gasteiger partial charge in [-0.25, -0.2) is 4.79 Å². The van der Waals surface area contributed by atoms with Gasteiger partial charge >= 0.3 is 5.97 Å². The van der Waals surface area contributed by atoms with E-state index in [4.69, 9.17) is 4.74 Å². The zero-order valence-corrected chi connectivity index (χ0v) is 24.0. The molecule has 0 aromatic heterocycles. The molecule has 1 N–H and O–H groups in total. The van der Waals surface area contributed by atoms with Crippen LogP contribution < -0.4 is 0 Å². The maximum atomic E-state index is 12.4. The normalized spacial score (nSPS) is 18.7. The van der Waals surface area contributed by atoms with Crippen molar-refractivity contribution in [2.75, 3.05) is 0 Å². The molecule has 0 spiro atoms. The first-order chi connectivity index (χ1) is 15.7. The standard InChI is InChI=1S/C32H46O3/c1-14-26(33)35-28-21(17-23(30(5,6)7)19-25(28)32(11,12)13)15-20-16-22(29(2,3)4)18-24(27(20)34)31(8,9)10/h14-19,28,34H,1H2,2-13H3. The molecule has 1 aliphatic carbocycles. The molecule has 0 heterocycles. The predicted octanol–water partition coefficient (Wildman–Crippen LogP) is 8.43. The van der Waals surface area contributed by atoms with Gasteiger partial charge in [0, 0.05) is 17.2 Å². The van der Waals surface area contributed by atoms with Crippen LogP contribution in [0, 0.1) is 10.8 Å². The minimum Gasteiger partial charge on any atom is -0.507 e. The second kappa shape index (κ2) is 9.48. The highest BCUT2D eigenvalue weighted by molar-refractivity contribution is 5.82. The Hall–Kier alpha value is -2.55. The van der Waals surface area contributed by atoms with Crippen LogP contribution in [0.1, 0.15) is 99.8 Å². The maximum absolute atomic E-state index is 12.4. The van der Waals surface area contributed by atoms with Gasteiger partial charge in [0.05, 0.1) is 0 Å². The van der Waals surface area contributed by atoms with Crippen LogP contribution in [0.3, 0.4) is 0 Å². The lowest BCUT2D eigenvalue weighted by Gasteiger charge is -2.36. The van der Waals surface area contributed by atoms with E-state index in [2.05, 4.69) is 114 Å².